The van der Waals surface area contributed by atoms with Gasteiger partial charge in [0.05, 0.1) is 6.20 Å². The molecule has 1 aromatic heterocycles. The van der Waals surface area contributed by atoms with Crippen molar-refractivity contribution in [2.45, 2.75) is 26.8 Å². The number of hydrogen-bond acceptors (Lipinski definition) is 8. The summed E-state index contributed by atoms with van der Waals surface area (Å²) < 4.78 is 1.62. The molecular weight excluding hydrogens is 342 g/mol. The van der Waals surface area contributed by atoms with Crippen molar-refractivity contribution in [3.8, 4) is 11.3 Å². The summed E-state index contributed by atoms with van der Waals surface area (Å²) in [6.45, 7) is 6.71. The Hall–Kier alpha value is -3.36. The first kappa shape index (κ1) is 20.0. The van der Waals surface area contributed by atoms with Gasteiger partial charge in [-0.2, -0.15) is 10.2 Å². The summed E-state index contributed by atoms with van der Waals surface area (Å²) in [6, 6.07) is 5.87. The van der Waals surface area contributed by atoms with E-state index in [0.29, 0.717) is 17.1 Å². The Morgan fingerprint density at radius 2 is 1.78 bits per heavy atom. The second kappa shape index (κ2) is 9.37. The normalized spacial score (nSPS) is 12.2. The van der Waals surface area contributed by atoms with Gasteiger partial charge in [0.15, 0.2) is 0 Å². The van der Waals surface area contributed by atoms with Crippen LogP contribution in [0.4, 0.5) is 0 Å². The quantitative estimate of drug-likeness (QED) is 0.503. The predicted molar refractivity (Wildman–Crippen MR) is 105 cm³/mol. The Balaban J connectivity index is 2.61. The largest absolute Gasteiger partial charge is 0.389 e. The number of aryl methyl sites for hydroxylation is 1. The molecule has 2 rings (SSSR count). The highest BCUT2D eigenvalue weighted by Gasteiger charge is 2.12. The number of rotatable bonds is 9. The van der Waals surface area contributed by atoms with Crippen molar-refractivity contribution in [2.24, 2.45) is 17.3 Å². The van der Waals surface area contributed by atoms with Gasteiger partial charge in [0.25, 0.3) is 0 Å². The molecule has 0 saturated carbocycles. The first-order valence-electron chi connectivity index (χ1n) is 8.65. The SMILES string of the molecule is CCN/C=C(\N=N)c1cc(/C(=C/NC(C)C)N=N)cc(-c2cn(C)nn2)c1. The molecule has 0 bridgehead atoms. The summed E-state index contributed by atoms with van der Waals surface area (Å²) in [5, 5.41) is 21.7. The van der Waals surface area contributed by atoms with Gasteiger partial charge in [0.2, 0.25) is 0 Å². The van der Waals surface area contributed by atoms with Gasteiger partial charge in [-0.05, 0) is 39.0 Å². The Labute approximate surface area is 158 Å². The van der Waals surface area contributed by atoms with E-state index in [1.807, 2.05) is 45.2 Å². The van der Waals surface area contributed by atoms with E-state index >= 15 is 0 Å². The second-order valence-corrected chi connectivity index (χ2v) is 6.24. The maximum absolute atomic E-state index is 7.55. The molecule has 9 heteroatoms. The minimum Gasteiger partial charge on any atom is -0.389 e. The molecule has 2 aromatic rings. The molecule has 0 spiro atoms. The van der Waals surface area contributed by atoms with Gasteiger partial charge in [-0.15, -0.1) is 5.10 Å². The number of nitrogens with zero attached hydrogens (tertiary/aromatic N) is 5. The molecule has 0 fully saturated rings. The van der Waals surface area contributed by atoms with Crippen LogP contribution in [0.5, 0.6) is 0 Å². The molecule has 27 heavy (non-hydrogen) atoms. The van der Waals surface area contributed by atoms with Gasteiger partial charge < -0.3 is 10.6 Å². The Bertz CT molecular complexity index is 861. The summed E-state index contributed by atoms with van der Waals surface area (Å²) in [5.41, 5.74) is 19.0. The molecule has 0 radical (unpaired) electrons. The molecule has 0 atom stereocenters. The third kappa shape index (κ3) is 5.30. The zero-order chi connectivity index (χ0) is 19.8. The van der Waals surface area contributed by atoms with E-state index in [2.05, 4.69) is 31.2 Å². The van der Waals surface area contributed by atoms with E-state index in [4.69, 9.17) is 11.1 Å². The molecule has 0 saturated heterocycles. The number of benzene rings is 1. The lowest BCUT2D eigenvalue weighted by Gasteiger charge is -2.10. The van der Waals surface area contributed by atoms with Crippen LogP contribution in [0.1, 0.15) is 31.9 Å². The number of nitrogens with one attached hydrogen (secondary N) is 4. The van der Waals surface area contributed by atoms with Crippen LogP contribution in [0.25, 0.3) is 22.7 Å². The lowest BCUT2D eigenvalue weighted by atomic mass is 10.0. The third-order valence-corrected chi connectivity index (χ3v) is 3.66. The first-order valence-corrected chi connectivity index (χ1v) is 8.65. The molecule has 1 heterocycles. The smallest absolute Gasteiger partial charge is 0.113 e. The Morgan fingerprint density at radius 1 is 1.15 bits per heavy atom. The van der Waals surface area contributed by atoms with Gasteiger partial charge in [0.1, 0.15) is 17.1 Å². The molecule has 1 aromatic carbocycles. The number of aromatic nitrogens is 3. The fraction of sp³-hybridized carbons (Fsp3) is 0.333. The highest BCUT2D eigenvalue weighted by atomic mass is 15.4. The van der Waals surface area contributed by atoms with Crippen LogP contribution >= 0.6 is 0 Å². The number of hydrogen-bond donors (Lipinski definition) is 4. The van der Waals surface area contributed by atoms with Crippen molar-refractivity contribution in [1.29, 1.82) is 11.1 Å². The average Bonchev–Trinajstić information content (AvgIpc) is 3.09. The molecule has 0 unspecified atom stereocenters. The van der Waals surface area contributed by atoms with Gasteiger partial charge in [0, 0.05) is 48.7 Å². The zero-order valence-corrected chi connectivity index (χ0v) is 16.0. The summed E-state index contributed by atoms with van der Waals surface area (Å²) in [4.78, 5) is 0. The van der Waals surface area contributed by atoms with Crippen molar-refractivity contribution in [1.82, 2.24) is 25.6 Å². The minimum atomic E-state index is 0.219. The average molecular weight is 367 g/mol. The minimum absolute atomic E-state index is 0.219. The Morgan fingerprint density at radius 3 is 2.26 bits per heavy atom. The first-order chi connectivity index (χ1) is 13.0. The van der Waals surface area contributed by atoms with Gasteiger partial charge in [-0.25, -0.2) is 11.1 Å². The highest BCUT2D eigenvalue weighted by Crippen LogP contribution is 2.28. The zero-order valence-electron chi connectivity index (χ0n) is 16.0. The van der Waals surface area contributed by atoms with Crippen LogP contribution in [0.3, 0.4) is 0 Å². The van der Waals surface area contributed by atoms with E-state index in [0.717, 1.165) is 23.2 Å². The van der Waals surface area contributed by atoms with Crippen LogP contribution in [-0.4, -0.2) is 27.6 Å². The van der Waals surface area contributed by atoms with E-state index in [-0.39, 0.29) is 6.04 Å². The summed E-state index contributed by atoms with van der Waals surface area (Å²) >= 11 is 0. The fourth-order valence-corrected chi connectivity index (χ4v) is 2.36. The summed E-state index contributed by atoms with van der Waals surface area (Å²) in [5.74, 6) is 0. The maximum atomic E-state index is 7.55. The summed E-state index contributed by atoms with van der Waals surface area (Å²) in [6.07, 6.45) is 5.21. The van der Waals surface area contributed by atoms with Gasteiger partial charge in [-0.1, -0.05) is 5.21 Å². The lowest BCUT2D eigenvalue weighted by Crippen LogP contribution is -2.15. The molecule has 4 N–H and O–H groups in total. The summed E-state index contributed by atoms with van der Waals surface area (Å²) in [7, 11) is 1.80. The Kier molecular flexibility index (Phi) is 6.93. The van der Waals surface area contributed by atoms with Crippen LogP contribution in [0.15, 0.2) is 47.0 Å². The van der Waals surface area contributed by atoms with Crippen LogP contribution in [0, 0.1) is 11.1 Å². The van der Waals surface area contributed by atoms with Crippen molar-refractivity contribution < 1.29 is 0 Å². The van der Waals surface area contributed by atoms with Crippen LogP contribution < -0.4 is 10.6 Å². The van der Waals surface area contributed by atoms with Crippen molar-refractivity contribution >= 4 is 11.4 Å². The van der Waals surface area contributed by atoms with E-state index in [1.165, 1.54) is 0 Å². The topological polar surface area (TPSA) is 127 Å². The van der Waals surface area contributed by atoms with E-state index in [1.54, 1.807) is 24.1 Å². The monoisotopic (exact) mass is 367 g/mol. The second-order valence-electron chi connectivity index (χ2n) is 6.24. The molecule has 142 valence electrons. The lowest BCUT2D eigenvalue weighted by molar-refractivity contribution is 0.702. The van der Waals surface area contributed by atoms with E-state index in [9.17, 15) is 0 Å². The molecule has 0 aliphatic heterocycles. The van der Waals surface area contributed by atoms with Crippen molar-refractivity contribution in [3.63, 3.8) is 0 Å². The molecular formula is C18H25N9. The predicted octanol–water partition coefficient (Wildman–Crippen LogP) is 3.75. The fourth-order valence-electron chi connectivity index (χ4n) is 2.36. The molecule has 9 nitrogen and oxygen atoms in total. The highest BCUT2D eigenvalue weighted by molar-refractivity contribution is 5.77. The van der Waals surface area contributed by atoms with Crippen LogP contribution in [0.2, 0.25) is 0 Å². The van der Waals surface area contributed by atoms with E-state index < -0.39 is 0 Å². The molecule has 0 aliphatic rings. The van der Waals surface area contributed by atoms with Crippen LogP contribution in [-0.2, 0) is 7.05 Å². The maximum Gasteiger partial charge on any atom is 0.113 e. The van der Waals surface area contributed by atoms with Crippen molar-refractivity contribution in [2.75, 3.05) is 6.54 Å². The van der Waals surface area contributed by atoms with Gasteiger partial charge >= 0.3 is 0 Å². The standard InChI is InChI=1S/C18H25N9/c1-5-21-9-16(23-19)13-6-14(17(24-20)10-22-12(2)3)8-15(7-13)18-11-27(4)26-25-18/h6-12,19-22H,5H2,1-4H3/b16-9-,17-10-,23-19?,24-20?. The third-order valence-electron chi connectivity index (χ3n) is 3.66. The van der Waals surface area contributed by atoms with Gasteiger partial charge in [-0.3, -0.25) is 4.68 Å². The molecule has 0 aliphatic carbocycles. The van der Waals surface area contributed by atoms with Crippen molar-refractivity contribution in [3.05, 3.63) is 47.9 Å². The molecule has 0 amide bonds.